The fourth-order valence-corrected chi connectivity index (χ4v) is 2.04. The largest absolute Gasteiger partial charge is 0.338 e. The van der Waals surface area contributed by atoms with Gasteiger partial charge in [-0.15, -0.1) is 0 Å². The Bertz CT molecular complexity index is 404. The molecule has 2 rings (SSSR count). The number of aryl methyl sites for hydroxylation is 1. The van der Waals surface area contributed by atoms with Gasteiger partial charge >= 0.3 is 6.03 Å². The van der Waals surface area contributed by atoms with Crippen molar-refractivity contribution in [1.29, 1.82) is 0 Å². The SMILES string of the molecule is Cc1cc(NC(=O)N2CCN(C)C[C@@H]2C)on1. The molecule has 0 spiro atoms. The van der Waals surface area contributed by atoms with Crippen molar-refractivity contribution in [2.24, 2.45) is 0 Å². The lowest BCUT2D eigenvalue weighted by atomic mass is 10.2. The van der Waals surface area contributed by atoms with Crippen molar-refractivity contribution in [3.8, 4) is 0 Å². The smallest absolute Gasteiger partial charge is 0.324 e. The van der Waals surface area contributed by atoms with Crippen LogP contribution in [-0.2, 0) is 0 Å². The van der Waals surface area contributed by atoms with E-state index in [4.69, 9.17) is 4.52 Å². The molecule has 1 aromatic heterocycles. The Balaban J connectivity index is 1.96. The second-order valence-electron chi connectivity index (χ2n) is 4.57. The van der Waals surface area contributed by atoms with E-state index in [-0.39, 0.29) is 12.1 Å². The first-order chi connectivity index (χ1) is 8.06. The lowest BCUT2D eigenvalue weighted by Crippen LogP contribution is -2.53. The topological polar surface area (TPSA) is 61.6 Å². The third kappa shape index (κ3) is 2.76. The summed E-state index contributed by atoms with van der Waals surface area (Å²) in [6.45, 7) is 6.38. The van der Waals surface area contributed by atoms with Crippen LogP contribution in [0.5, 0.6) is 0 Å². The number of hydrogen-bond donors (Lipinski definition) is 1. The highest BCUT2D eigenvalue weighted by Crippen LogP contribution is 2.13. The molecule has 2 heterocycles. The summed E-state index contributed by atoms with van der Waals surface area (Å²) in [6.07, 6.45) is 0. The summed E-state index contributed by atoms with van der Waals surface area (Å²) in [7, 11) is 2.06. The van der Waals surface area contributed by atoms with Crippen molar-refractivity contribution < 1.29 is 9.32 Å². The Kier molecular flexibility index (Phi) is 3.33. The quantitative estimate of drug-likeness (QED) is 0.797. The van der Waals surface area contributed by atoms with Gasteiger partial charge in [-0.05, 0) is 20.9 Å². The molecule has 0 unspecified atom stereocenters. The van der Waals surface area contributed by atoms with Crippen LogP contribution < -0.4 is 5.32 Å². The molecule has 0 saturated carbocycles. The van der Waals surface area contributed by atoms with E-state index in [9.17, 15) is 4.79 Å². The molecule has 17 heavy (non-hydrogen) atoms. The number of nitrogens with one attached hydrogen (secondary N) is 1. The molecule has 94 valence electrons. The van der Waals surface area contributed by atoms with Crippen LogP contribution in [0.4, 0.5) is 10.7 Å². The second-order valence-corrected chi connectivity index (χ2v) is 4.57. The molecule has 1 aliphatic rings. The highest BCUT2D eigenvalue weighted by molar-refractivity contribution is 5.88. The average Bonchev–Trinajstić information content (AvgIpc) is 2.63. The number of hydrogen-bond acceptors (Lipinski definition) is 4. The van der Waals surface area contributed by atoms with Crippen LogP contribution in [0, 0.1) is 6.92 Å². The van der Waals surface area contributed by atoms with Gasteiger partial charge in [0.25, 0.3) is 0 Å². The number of piperazine rings is 1. The summed E-state index contributed by atoms with van der Waals surface area (Å²) < 4.78 is 4.96. The standard InChI is InChI=1S/C11H18N4O2/c1-8-6-10(17-13-8)12-11(16)15-5-4-14(3)7-9(15)2/h6,9H,4-5,7H2,1-3H3,(H,12,16)/t9-/m0/s1. The summed E-state index contributed by atoms with van der Waals surface area (Å²) in [5.41, 5.74) is 0.756. The molecular formula is C11H18N4O2. The predicted molar refractivity (Wildman–Crippen MR) is 63.9 cm³/mol. The van der Waals surface area contributed by atoms with Gasteiger partial charge in [0.1, 0.15) is 0 Å². The first kappa shape index (κ1) is 11.9. The van der Waals surface area contributed by atoms with E-state index < -0.39 is 0 Å². The number of anilines is 1. The molecule has 1 N–H and O–H groups in total. The summed E-state index contributed by atoms with van der Waals surface area (Å²) in [5.74, 6) is 0.402. The van der Waals surface area contributed by atoms with Crippen molar-refractivity contribution in [3.63, 3.8) is 0 Å². The average molecular weight is 238 g/mol. The van der Waals surface area contributed by atoms with Gasteiger partial charge in [-0.25, -0.2) is 4.79 Å². The Hall–Kier alpha value is -1.56. The fourth-order valence-electron chi connectivity index (χ4n) is 2.04. The Morgan fingerprint density at radius 1 is 1.59 bits per heavy atom. The molecule has 1 aromatic rings. The van der Waals surface area contributed by atoms with Crippen molar-refractivity contribution in [1.82, 2.24) is 15.0 Å². The number of nitrogens with zero attached hydrogens (tertiary/aromatic N) is 3. The number of carbonyl (C=O) groups excluding carboxylic acids is 1. The highest BCUT2D eigenvalue weighted by atomic mass is 16.5. The minimum atomic E-state index is -0.123. The molecule has 6 heteroatoms. The third-order valence-electron chi connectivity index (χ3n) is 2.95. The van der Waals surface area contributed by atoms with E-state index in [0.717, 1.165) is 25.3 Å². The Morgan fingerprint density at radius 3 is 2.94 bits per heavy atom. The Labute approximate surface area is 101 Å². The normalized spacial score (nSPS) is 21.6. The number of aromatic nitrogens is 1. The van der Waals surface area contributed by atoms with Gasteiger partial charge in [0.05, 0.1) is 5.69 Å². The first-order valence-corrected chi connectivity index (χ1v) is 5.76. The number of likely N-dealkylation sites (N-methyl/N-ethyl adjacent to an activating group) is 1. The molecule has 1 fully saturated rings. The molecule has 1 aliphatic heterocycles. The molecule has 6 nitrogen and oxygen atoms in total. The minimum Gasteiger partial charge on any atom is -0.338 e. The number of urea groups is 1. The van der Waals surface area contributed by atoms with Crippen LogP contribution in [0.15, 0.2) is 10.6 Å². The highest BCUT2D eigenvalue weighted by Gasteiger charge is 2.26. The van der Waals surface area contributed by atoms with Gasteiger partial charge < -0.3 is 14.3 Å². The second kappa shape index (κ2) is 4.75. The van der Waals surface area contributed by atoms with Gasteiger partial charge in [0.2, 0.25) is 5.88 Å². The summed E-state index contributed by atoms with van der Waals surface area (Å²) in [4.78, 5) is 16.0. The number of carbonyl (C=O) groups is 1. The minimum absolute atomic E-state index is 0.123. The van der Waals surface area contributed by atoms with Crippen LogP contribution in [0.25, 0.3) is 0 Å². The van der Waals surface area contributed by atoms with Crippen molar-refractivity contribution in [2.45, 2.75) is 19.9 Å². The van der Waals surface area contributed by atoms with E-state index in [0.29, 0.717) is 5.88 Å². The molecule has 1 saturated heterocycles. The number of rotatable bonds is 1. The molecule has 1 atom stereocenters. The molecule has 0 bridgehead atoms. The molecule has 0 aromatic carbocycles. The number of amides is 2. The fraction of sp³-hybridized carbons (Fsp3) is 0.636. The van der Waals surface area contributed by atoms with Crippen molar-refractivity contribution >= 4 is 11.9 Å². The van der Waals surface area contributed by atoms with E-state index in [1.807, 2.05) is 18.7 Å². The maximum atomic E-state index is 12.0. The molecule has 0 radical (unpaired) electrons. The van der Waals surface area contributed by atoms with Crippen molar-refractivity contribution in [3.05, 3.63) is 11.8 Å². The van der Waals surface area contributed by atoms with Crippen LogP contribution in [0.2, 0.25) is 0 Å². The maximum Gasteiger partial charge on any atom is 0.324 e. The molecule has 2 amide bonds. The lowest BCUT2D eigenvalue weighted by molar-refractivity contribution is 0.124. The van der Waals surface area contributed by atoms with Crippen molar-refractivity contribution in [2.75, 3.05) is 32.0 Å². The summed E-state index contributed by atoms with van der Waals surface area (Å²) in [6, 6.07) is 1.79. The summed E-state index contributed by atoms with van der Waals surface area (Å²) in [5, 5.41) is 6.45. The summed E-state index contributed by atoms with van der Waals surface area (Å²) >= 11 is 0. The van der Waals surface area contributed by atoms with Gasteiger partial charge in [-0.1, -0.05) is 5.16 Å². The van der Waals surface area contributed by atoms with Crippen LogP contribution in [0.1, 0.15) is 12.6 Å². The van der Waals surface area contributed by atoms with Gasteiger partial charge in [-0.3, -0.25) is 5.32 Å². The van der Waals surface area contributed by atoms with E-state index in [1.165, 1.54) is 0 Å². The van der Waals surface area contributed by atoms with Gasteiger partial charge in [0, 0.05) is 31.7 Å². The van der Waals surface area contributed by atoms with E-state index in [2.05, 4.69) is 22.4 Å². The zero-order valence-electron chi connectivity index (χ0n) is 10.4. The lowest BCUT2D eigenvalue weighted by Gasteiger charge is -2.37. The van der Waals surface area contributed by atoms with E-state index in [1.54, 1.807) is 6.07 Å². The maximum absolute atomic E-state index is 12.0. The zero-order valence-corrected chi connectivity index (χ0v) is 10.4. The van der Waals surface area contributed by atoms with E-state index >= 15 is 0 Å². The van der Waals surface area contributed by atoms with Crippen LogP contribution >= 0.6 is 0 Å². The van der Waals surface area contributed by atoms with Crippen LogP contribution in [0.3, 0.4) is 0 Å². The Morgan fingerprint density at radius 2 is 2.35 bits per heavy atom. The zero-order chi connectivity index (χ0) is 12.4. The first-order valence-electron chi connectivity index (χ1n) is 5.76. The van der Waals surface area contributed by atoms with Crippen LogP contribution in [-0.4, -0.2) is 53.7 Å². The van der Waals surface area contributed by atoms with Gasteiger partial charge in [-0.2, -0.15) is 0 Å². The monoisotopic (exact) mass is 238 g/mol. The predicted octanol–water partition coefficient (Wildman–Crippen LogP) is 1.15. The third-order valence-corrected chi connectivity index (χ3v) is 2.95. The van der Waals surface area contributed by atoms with Gasteiger partial charge in [0.15, 0.2) is 0 Å². The molecule has 0 aliphatic carbocycles. The molecular weight excluding hydrogens is 220 g/mol.